The first-order valence-corrected chi connectivity index (χ1v) is 7.74. The van der Waals surface area contributed by atoms with E-state index in [1.54, 1.807) is 30.3 Å². The summed E-state index contributed by atoms with van der Waals surface area (Å²) in [7, 11) is 0. The van der Waals surface area contributed by atoms with E-state index in [1.165, 1.54) is 6.20 Å². The van der Waals surface area contributed by atoms with Gasteiger partial charge in [0.25, 0.3) is 5.91 Å². The summed E-state index contributed by atoms with van der Waals surface area (Å²) in [4.78, 5) is 20.5. The van der Waals surface area contributed by atoms with Crippen molar-refractivity contribution in [2.24, 2.45) is 0 Å². The molecule has 3 rings (SSSR count). The van der Waals surface area contributed by atoms with Crippen molar-refractivity contribution < 1.29 is 9.53 Å². The highest BCUT2D eigenvalue weighted by Gasteiger charge is 2.17. The molecule has 122 valence electrons. The van der Waals surface area contributed by atoms with Gasteiger partial charge in [-0.25, -0.2) is 9.97 Å². The molecule has 2 N–H and O–H groups in total. The number of benzene rings is 1. The maximum Gasteiger partial charge on any atom is 0.270 e. The molecule has 0 saturated carbocycles. The van der Waals surface area contributed by atoms with Crippen molar-refractivity contribution in [1.29, 1.82) is 5.26 Å². The van der Waals surface area contributed by atoms with E-state index in [0.717, 1.165) is 19.4 Å². The average molecular weight is 323 g/mol. The van der Waals surface area contributed by atoms with Gasteiger partial charge in [0.15, 0.2) is 0 Å². The monoisotopic (exact) mass is 323 g/mol. The third kappa shape index (κ3) is 4.06. The Balaban J connectivity index is 1.64. The smallest absolute Gasteiger partial charge is 0.270 e. The molecule has 1 aromatic heterocycles. The van der Waals surface area contributed by atoms with Gasteiger partial charge >= 0.3 is 0 Å². The number of rotatable bonds is 5. The summed E-state index contributed by atoms with van der Waals surface area (Å²) in [5.41, 5.74) is 1.50. The summed E-state index contributed by atoms with van der Waals surface area (Å²) >= 11 is 0. The molecule has 7 nitrogen and oxygen atoms in total. The van der Waals surface area contributed by atoms with Gasteiger partial charge in [-0.1, -0.05) is 6.07 Å². The molecule has 2 aromatic rings. The average Bonchev–Trinajstić information content (AvgIpc) is 3.13. The lowest BCUT2D eigenvalue weighted by Crippen LogP contribution is -2.32. The first-order chi connectivity index (χ1) is 11.7. The number of hydrogen-bond donors (Lipinski definition) is 2. The highest BCUT2D eigenvalue weighted by Crippen LogP contribution is 2.14. The predicted molar refractivity (Wildman–Crippen MR) is 87.8 cm³/mol. The van der Waals surface area contributed by atoms with E-state index >= 15 is 0 Å². The van der Waals surface area contributed by atoms with Crippen LogP contribution in [-0.4, -0.2) is 35.1 Å². The Morgan fingerprint density at radius 2 is 2.33 bits per heavy atom. The maximum absolute atomic E-state index is 12.2. The number of carbonyl (C=O) groups is 1. The topological polar surface area (TPSA) is 99.9 Å². The van der Waals surface area contributed by atoms with E-state index in [1.807, 2.05) is 0 Å². The third-order valence-corrected chi connectivity index (χ3v) is 3.65. The quantitative estimate of drug-likeness (QED) is 0.873. The maximum atomic E-state index is 12.2. The Morgan fingerprint density at radius 3 is 3.12 bits per heavy atom. The van der Waals surface area contributed by atoms with E-state index in [2.05, 4.69) is 26.7 Å². The van der Waals surface area contributed by atoms with Crippen molar-refractivity contribution in [3.63, 3.8) is 0 Å². The van der Waals surface area contributed by atoms with Crippen LogP contribution in [0.1, 0.15) is 28.9 Å². The van der Waals surface area contributed by atoms with Crippen LogP contribution in [0, 0.1) is 11.3 Å². The number of ether oxygens (including phenoxy) is 1. The summed E-state index contributed by atoms with van der Waals surface area (Å²) in [6, 6.07) is 10.6. The number of nitriles is 1. The molecule has 1 saturated heterocycles. The lowest BCUT2D eigenvalue weighted by atomic mass is 10.2. The first kappa shape index (κ1) is 15.9. The fourth-order valence-electron chi connectivity index (χ4n) is 2.44. The molecule has 7 heteroatoms. The van der Waals surface area contributed by atoms with Crippen LogP contribution in [0.4, 0.5) is 11.6 Å². The minimum atomic E-state index is -0.262. The summed E-state index contributed by atoms with van der Waals surface area (Å²) in [5.74, 6) is 0.0385. The molecular weight excluding hydrogens is 306 g/mol. The van der Waals surface area contributed by atoms with Crippen molar-refractivity contribution in [2.45, 2.75) is 18.9 Å². The van der Waals surface area contributed by atoms with Gasteiger partial charge in [0.05, 0.1) is 17.7 Å². The molecule has 24 heavy (non-hydrogen) atoms. The highest BCUT2D eigenvalue weighted by molar-refractivity contribution is 5.92. The zero-order valence-electron chi connectivity index (χ0n) is 13.0. The number of aromatic nitrogens is 2. The molecule has 0 aliphatic carbocycles. The van der Waals surface area contributed by atoms with Crippen molar-refractivity contribution in [3.8, 4) is 6.07 Å². The molecule has 1 aliphatic heterocycles. The van der Waals surface area contributed by atoms with E-state index in [-0.39, 0.29) is 17.7 Å². The fraction of sp³-hybridized carbons (Fsp3) is 0.294. The summed E-state index contributed by atoms with van der Waals surface area (Å²) < 4.78 is 5.48. The third-order valence-electron chi connectivity index (χ3n) is 3.65. The molecule has 0 bridgehead atoms. The Hall–Kier alpha value is -2.98. The van der Waals surface area contributed by atoms with E-state index in [0.29, 0.717) is 23.7 Å². The van der Waals surface area contributed by atoms with E-state index in [4.69, 9.17) is 10.00 Å². The van der Waals surface area contributed by atoms with E-state index < -0.39 is 0 Å². The Morgan fingerprint density at radius 1 is 1.42 bits per heavy atom. The Kier molecular flexibility index (Phi) is 4.99. The zero-order chi connectivity index (χ0) is 16.8. The molecule has 0 radical (unpaired) electrons. The van der Waals surface area contributed by atoms with Crippen LogP contribution < -0.4 is 10.6 Å². The molecule has 1 unspecified atom stereocenters. The van der Waals surface area contributed by atoms with Gasteiger partial charge in [-0.15, -0.1) is 0 Å². The van der Waals surface area contributed by atoms with Gasteiger partial charge in [-0.05, 0) is 37.1 Å². The highest BCUT2D eigenvalue weighted by atomic mass is 16.5. The second-order valence-electron chi connectivity index (χ2n) is 5.43. The molecule has 1 atom stereocenters. The molecule has 1 fully saturated rings. The van der Waals surface area contributed by atoms with Crippen LogP contribution in [0.5, 0.6) is 0 Å². The second kappa shape index (κ2) is 7.53. The van der Waals surface area contributed by atoms with Crippen LogP contribution in [-0.2, 0) is 4.74 Å². The Bertz CT molecular complexity index is 766. The minimum Gasteiger partial charge on any atom is -0.376 e. The number of nitrogens with zero attached hydrogens (tertiary/aromatic N) is 3. The van der Waals surface area contributed by atoms with Crippen LogP contribution in [0.15, 0.2) is 36.5 Å². The lowest BCUT2D eigenvalue weighted by molar-refractivity contribution is 0.0853. The van der Waals surface area contributed by atoms with Crippen molar-refractivity contribution in [3.05, 3.63) is 47.8 Å². The number of hydrogen-bond acceptors (Lipinski definition) is 6. The molecule has 1 amide bonds. The van der Waals surface area contributed by atoms with Crippen molar-refractivity contribution >= 4 is 17.5 Å². The van der Waals surface area contributed by atoms with Crippen molar-refractivity contribution in [1.82, 2.24) is 15.3 Å². The SMILES string of the molecule is N#Cc1cccc(Nc2nccc(C(=O)NCC3CCCO3)n2)c1. The molecule has 0 spiro atoms. The van der Waals surface area contributed by atoms with E-state index in [9.17, 15) is 4.79 Å². The fourth-order valence-corrected chi connectivity index (χ4v) is 2.44. The zero-order valence-corrected chi connectivity index (χ0v) is 13.0. The minimum absolute atomic E-state index is 0.0853. The Labute approximate surface area is 139 Å². The summed E-state index contributed by atoms with van der Waals surface area (Å²) in [6.07, 6.45) is 3.60. The molecule has 1 aliphatic rings. The normalized spacial score (nSPS) is 16.4. The predicted octanol–water partition coefficient (Wildman–Crippen LogP) is 2.00. The van der Waals surface area contributed by atoms with Gasteiger partial charge in [-0.2, -0.15) is 5.26 Å². The summed E-state index contributed by atoms with van der Waals surface area (Å²) in [5, 5.41) is 14.7. The molecule has 1 aromatic carbocycles. The second-order valence-corrected chi connectivity index (χ2v) is 5.43. The first-order valence-electron chi connectivity index (χ1n) is 7.74. The standard InChI is InChI=1S/C17H17N5O2/c18-10-12-3-1-4-13(9-12)21-17-19-7-6-15(22-17)16(23)20-11-14-5-2-8-24-14/h1,3-4,6-7,9,14H,2,5,8,11H2,(H,20,23)(H,19,21,22). The summed E-state index contributed by atoms with van der Waals surface area (Å²) in [6.45, 7) is 1.24. The van der Waals surface area contributed by atoms with Crippen LogP contribution in [0.25, 0.3) is 0 Å². The molecule has 2 heterocycles. The van der Waals surface area contributed by atoms with Crippen LogP contribution >= 0.6 is 0 Å². The number of nitrogens with one attached hydrogen (secondary N) is 2. The lowest BCUT2D eigenvalue weighted by Gasteiger charge is -2.11. The molecular formula is C17H17N5O2. The number of anilines is 2. The number of carbonyl (C=O) groups excluding carboxylic acids is 1. The number of amides is 1. The van der Waals surface area contributed by atoms with Gasteiger partial charge in [-0.3, -0.25) is 4.79 Å². The van der Waals surface area contributed by atoms with Crippen LogP contribution in [0.3, 0.4) is 0 Å². The van der Waals surface area contributed by atoms with Gasteiger partial charge < -0.3 is 15.4 Å². The van der Waals surface area contributed by atoms with Gasteiger partial charge in [0.1, 0.15) is 5.69 Å². The van der Waals surface area contributed by atoms with Gasteiger partial charge in [0, 0.05) is 25.0 Å². The van der Waals surface area contributed by atoms with Gasteiger partial charge in [0.2, 0.25) is 5.95 Å². The van der Waals surface area contributed by atoms with Crippen molar-refractivity contribution in [2.75, 3.05) is 18.5 Å². The largest absolute Gasteiger partial charge is 0.376 e. The van der Waals surface area contributed by atoms with Crippen LogP contribution in [0.2, 0.25) is 0 Å².